The normalized spacial score (nSPS) is 15.7. The van der Waals surface area contributed by atoms with Crippen molar-refractivity contribution in [1.29, 1.82) is 0 Å². The Labute approximate surface area is 155 Å². The van der Waals surface area contributed by atoms with Crippen molar-refractivity contribution in [2.45, 2.75) is 32.7 Å². The third kappa shape index (κ3) is 2.73. The zero-order valence-corrected chi connectivity index (χ0v) is 15.1. The van der Waals surface area contributed by atoms with Crippen molar-refractivity contribution in [3.05, 3.63) is 28.7 Å². The average Bonchev–Trinajstić information content (AvgIpc) is 2.97. The second-order valence-corrected chi connectivity index (χ2v) is 6.66. The zero-order chi connectivity index (χ0) is 18.3. The van der Waals surface area contributed by atoms with Crippen LogP contribution < -0.4 is 9.64 Å². The van der Waals surface area contributed by atoms with Crippen LogP contribution in [0.4, 0.5) is 10.1 Å². The fourth-order valence-corrected chi connectivity index (χ4v) is 3.69. The molecule has 2 aliphatic rings. The van der Waals surface area contributed by atoms with Gasteiger partial charge in [-0.1, -0.05) is 17.5 Å². The molecule has 1 amide bonds. The van der Waals surface area contributed by atoms with Crippen LogP contribution in [0.3, 0.4) is 0 Å². The highest BCUT2D eigenvalue weighted by Gasteiger charge is 2.29. The molecule has 7 heteroatoms. The van der Waals surface area contributed by atoms with E-state index in [9.17, 15) is 9.18 Å². The molecule has 3 heterocycles. The van der Waals surface area contributed by atoms with Crippen LogP contribution in [0.15, 0.2) is 12.1 Å². The first-order valence-corrected chi connectivity index (χ1v) is 8.90. The van der Waals surface area contributed by atoms with E-state index in [0.29, 0.717) is 22.2 Å². The number of halogens is 2. The molecule has 0 saturated heterocycles. The van der Waals surface area contributed by atoms with E-state index in [1.54, 1.807) is 13.0 Å². The fraction of sp³-hybridized carbons (Fsp3) is 0.368. The van der Waals surface area contributed by atoms with E-state index in [2.05, 4.69) is 16.9 Å². The lowest BCUT2D eigenvalue weighted by Gasteiger charge is -2.28. The Balaban J connectivity index is 1.83. The van der Waals surface area contributed by atoms with Gasteiger partial charge in [0.05, 0.1) is 22.9 Å². The predicted molar refractivity (Wildman–Crippen MR) is 96.9 cm³/mol. The fourth-order valence-electron chi connectivity index (χ4n) is 3.36. The number of carbonyl (C=O) groups is 1. The number of ether oxygens (including phenoxy) is 1. The van der Waals surface area contributed by atoms with Crippen LogP contribution in [0.5, 0.6) is 5.75 Å². The van der Waals surface area contributed by atoms with Crippen LogP contribution in [0.25, 0.3) is 11.3 Å². The van der Waals surface area contributed by atoms with Gasteiger partial charge in [0.2, 0.25) is 0 Å². The molecule has 1 aromatic heterocycles. The van der Waals surface area contributed by atoms with Gasteiger partial charge in [0.15, 0.2) is 6.61 Å². The predicted octanol–water partition coefficient (Wildman–Crippen LogP) is 3.43. The van der Waals surface area contributed by atoms with E-state index in [1.807, 2.05) is 4.68 Å². The average molecular weight is 374 g/mol. The first kappa shape index (κ1) is 16.9. The number of amides is 1. The summed E-state index contributed by atoms with van der Waals surface area (Å²) in [6, 6.07) is 2.87. The molecule has 5 nitrogen and oxygen atoms in total. The number of aromatic nitrogens is 2. The molecule has 0 bridgehead atoms. The van der Waals surface area contributed by atoms with E-state index in [0.717, 1.165) is 31.5 Å². The largest absolute Gasteiger partial charge is 0.481 e. The molecule has 0 aliphatic carbocycles. The van der Waals surface area contributed by atoms with Crippen LogP contribution in [0.2, 0.25) is 5.02 Å². The minimum Gasteiger partial charge on any atom is -0.481 e. The summed E-state index contributed by atoms with van der Waals surface area (Å²) >= 11 is 6.50. The summed E-state index contributed by atoms with van der Waals surface area (Å²) in [5.41, 5.74) is 2.10. The number of nitrogens with zero attached hydrogens (tertiary/aromatic N) is 3. The van der Waals surface area contributed by atoms with Crippen LogP contribution >= 0.6 is 11.6 Å². The smallest absolute Gasteiger partial charge is 0.265 e. The van der Waals surface area contributed by atoms with Crippen molar-refractivity contribution in [1.82, 2.24) is 9.78 Å². The number of hydrogen-bond donors (Lipinski definition) is 0. The molecule has 0 spiro atoms. The quantitative estimate of drug-likeness (QED) is 0.758. The van der Waals surface area contributed by atoms with E-state index in [-0.39, 0.29) is 24.6 Å². The van der Waals surface area contributed by atoms with Gasteiger partial charge in [-0.3, -0.25) is 14.4 Å². The summed E-state index contributed by atoms with van der Waals surface area (Å²) in [5.74, 6) is 5.28. The second kappa shape index (κ2) is 6.65. The number of carbonyl (C=O) groups excluding carboxylic acids is 1. The number of benzene rings is 1. The summed E-state index contributed by atoms with van der Waals surface area (Å²) in [7, 11) is 0. The standard InChI is InChI=1S/C19H17ClFN3O2/c1-2-3-7-23-15-9-12(13(21)10-16(15)26-11-17(23)25)19-18(20)14-6-4-5-8-24(14)22-19/h9-10H,4-8,11H2,1H3. The lowest BCUT2D eigenvalue weighted by atomic mass is 10.1. The topological polar surface area (TPSA) is 47.4 Å². The molecule has 0 atom stereocenters. The highest BCUT2D eigenvalue weighted by Crippen LogP contribution is 2.40. The van der Waals surface area contributed by atoms with Crippen LogP contribution in [0, 0.1) is 17.7 Å². The summed E-state index contributed by atoms with van der Waals surface area (Å²) in [6.07, 6.45) is 2.91. The minimum atomic E-state index is -0.475. The van der Waals surface area contributed by atoms with Crippen molar-refractivity contribution in [2.24, 2.45) is 0 Å². The van der Waals surface area contributed by atoms with Gasteiger partial charge < -0.3 is 4.74 Å². The Bertz CT molecular complexity index is 958. The highest BCUT2D eigenvalue weighted by atomic mass is 35.5. The summed E-state index contributed by atoms with van der Waals surface area (Å²) in [4.78, 5) is 13.7. The summed E-state index contributed by atoms with van der Waals surface area (Å²) in [6.45, 7) is 2.58. The highest BCUT2D eigenvalue weighted by molar-refractivity contribution is 6.33. The molecule has 0 N–H and O–H groups in total. The molecule has 2 aliphatic heterocycles. The molecule has 0 unspecified atom stereocenters. The van der Waals surface area contributed by atoms with Gasteiger partial charge in [-0.05, 0) is 32.3 Å². The van der Waals surface area contributed by atoms with Crippen LogP contribution in [-0.4, -0.2) is 28.8 Å². The minimum absolute atomic E-state index is 0.128. The van der Waals surface area contributed by atoms with Crippen molar-refractivity contribution in [3.8, 4) is 28.8 Å². The molecule has 26 heavy (non-hydrogen) atoms. The third-order valence-electron chi connectivity index (χ3n) is 4.69. The molecular formula is C19H17ClFN3O2. The Hall–Kier alpha value is -2.52. The maximum absolute atomic E-state index is 14.8. The first-order chi connectivity index (χ1) is 12.6. The molecule has 0 saturated carbocycles. The maximum atomic E-state index is 14.8. The van der Waals surface area contributed by atoms with E-state index >= 15 is 0 Å². The Morgan fingerprint density at radius 3 is 3.00 bits per heavy atom. The van der Waals surface area contributed by atoms with Gasteiger partial charge in [0.25, 0.3) is 5.91 Å². The van der Waals surface area contributed by atoms with E-state index < -0.39 is 5.82 Å². The monoisotopic (exact) mass is 373 g/mol. The molecular weight excluding hydrogens is 357 g/mol. The van der Waals surface area contributed by atoms with Crippen molar-refractivity contribution in [2.75, 3.05) is 18.1 Å². The molecule has 1 aromatic carbocycles. The zero-order valence-electron chi connectivity index (χ0n) is 14.3. The second-order valence-electron chi connectivity index (χ2n) is 6.28. The number of rotatable bonds is 2. The first-order valence-electron chi connectivity index (χ1n) is 8.52. The molecule has 2 aromatic rings. The Morgan fingerprint density at radius 1 is 1.38 bits per heavy atom. The number of fused-ring (bicyclic) bond motifs is 2. The number of aryl methyl sites for hydroxylation is 1. The Morgan fingerprint density at radius 2 is 2.23 bits per heavy atom. The van der Waals surface area contributed by atoms with E-state index in [4.69, 9.17) is 16.3 Å². The van der Waals surface area contributed by atoms with E-state index in [1.165, 1.54) is 11.0 Å². The van der Waals surface area contributed by atoms with Crippen LogP contribution in [0.1, 0.15) is 25.5 Å². The lowest BCUT2D eigenvalue weighted by molar-refractivity contribution is -0.121. The van der Waals surface area contributed by atoms with Crippen molar-refractivity contribution in [3.63, 3.8) is 0 Å². The molecule has 0 radical (unpaired) electrons. The van der Waals surface area contributed by atoms with Gasteiger partial charge in [0, 0.05) is 18.2 Å². The number of hydrogen-bond acceptors (Lipinski definition) is 3. The Kier molecular flexibility index (Phi) is 4.33. The SMILES string of the molecule is CC#CCN1C(=O)COc2cc(F)c(-c3nn4c(c3Cl)CCCC4)cc21. The van der Waals surface area contributed by atoms with Gasteiger partial charge in [-0.25, -0.2) is 4.39 Å². The van der Waals surface area contributed by atoms with Crippen LogP contribution in [-0.2, 0) is 17.8 Å². The molecule has 4 rings (SSSR count). The van der Waals surface area contributed by atoms with Gasteiger partial charge >= 0.3 is 0 Å². The molecule has 134 valence electrons. The van der Waals surface area contributed by atoms with Crippen molar-refractivity contribution >= 4 is 23.2 Å². The van der Waals surface area contributed by atoms with Gasteiger partial charge in [-0.15, -0.1) is 5.92 Å². The maximum Gasteiger partial charge on any atom is 0.265 e. The summed E-state index contributed by atoms with van der Waals surface area (Å²) < 4.78 is 22.0. The lowest BCUT2D eigenvalue weighted by Crippen LogP contribution is -2.39. The van der Waals surface area contributed by atoms with Gasteiger partial charge in [0.1, 0.15) is 17.3 Å². The van der Waals surface area contributed by atoms with Crippen molar-refractivity contribution < 1.29 is 13.9 Å². The third-order valence-corrected chi connectivity index (χ3v) is 5.08. The number of anilines is 1. The van der Waals surface area contributed by atoms with Gasteiger partial charge in [-0.2, -0.15) is 5.10 Å². The summed E-state index contributed by atoms with van der Waals surface area (Å²) in [5, 5.41) is 4.99. The molecule has 0 fully saturated rings.